The van der Waals surface area contributed by atoms with E-state index in [1.807, 2.05) is 12.1 Å². The summed E-state index contributed by atoms with van der Waals surface area (Å²) in [4.78, 5) is 16.2. The summed E-state index contributed by atoms with van der Waals surface area (Å²) in [6.45, 7) is 0.592. The number of nitrogens with two attached hydrogens (primary N) is 1. The molecule has 0 saturated heterocycles. The van der Waals surface area contributed by atoms with Crippen molar-refractivity contribution >= 4 is 23.1 Å². The molecular formula is C12H15N3OS. The van der Waals surface area contributed by atoms with Crippen molar-refractivity contribution in [3.8, 4) is 0 Å². The fourth-order valence-electron chi connectivity index (χ4n) is 1.75. The van der Waals surface area contributed by atoms with E-state index >= 15 is 0 Å². The summed E-state index contributed by atoms with van der Waals surface area (Å²) in [7, 11) is 0. The molecule has 0 unspecified atom stereocenters. The second kappa shape index (κ2) is 4.79. The van der Waals surface area contributed by atoms with Gasteiger partial charge in [0, 0.05) is 18.9 Å². The molecule has 0 atom stereocenters. The van der Waals surface area contributed by atoms with Gasteiger partial charge in [0.25, 0.3) is 0 Å². The molecule has 0 aliphatic heterocycles. The molecule has 1 aliphatic rings. The molecule has 90 valence electrons. The van der Waals surface area contributed by atoms with E-state index in [4.69, 9.17) is 18.0 Å². The maximum Gasteiger partial charge on any atom is 0.233 e. The monoisotopic (exact) mass is 249 g/mol. The van der Waals surface area contributed by atoms with Crippen molar-refractivity contribution in [3.63, 3.8) is 0 Å². The van der Waals surface area contributed by atoms with E-state index < -0.39 is 5.41 Å². The average molecular weight is 249 g/mol. The highest BCUT2D eigenvalue weighted by Crippen LogP contribution is 2.46. The van der Waals surface area contributed by atoms with Gasteiger partial charge in [-0.3, -0.25) is 9.78 Å². The summed E-state index contributed by atoms with van der Waals surface area (Å²) in [6.07, 6.45) is 5.86. The van der Waals surface area contributed by atoms with Gasteiger partial charge >= 0.3 is 0 Å². The van der Waals surface area contributed by atoms with Crippen molar-refractivity contribution in [2.24, 2.45) is 11.1 Å². The highest BCUT2D eigenvalue weighted by molar-refractivity contribution is 7.80. The van der Waals surface area contributed by atoms with Crippen LogP contribution in [0, 0.1) is 5.41 Å². The van der Waals surface area contributed by atoms with Crippen molar-refractivity contribution in [1.82, 2.24) is 10.3 Å². The van der Waals surface area contributed by atoms with Gasteiger partial charge in [-0.1, -0.05) is 18.3 Å². The number of rotatable bonds is 5. The normalized spacial score (nSPS) is 16.2. The molecule has 1 aliphatic carbocycles. The Balaban J connectivity index is 1.80. The van der Waals surface area contributed by atoms with Gasteiger partial charge in [-0.05, 0) is 30.9 Å². The van der Waals surface area contributed by atoms with Crippen LogP contribution in [0.2, 0.25) is 0 Å². The fraction of sp³-hybridized carbons (Fsp3) is 0.417. The first-order valence-electron chi connectivity index (χ1n) is 5.62. The summed E-state index contributed by atoms with van der Waals surface area (Å²) in [5.41, 5.74) is 6.13. The second-order valence-electron chi connectivity index (χ2n) is 4.31. The van der Waals surface area contributed by atoms with Crippen molar-refractivity contribution in [2.45, 2.75) is 19.3 Å². The largest absolute Gasteiger partial charge is 0.392 e. The number of nitrogens with one attached hydrogen (secondary N) is 1. The Hall–Kier alpha value is -1.49. The number of thiocarbonyl (C=S) groups is 1. The smallest absolute Gasteiger partial charge is 0.233 e. The van der Waals surface area contributed by atoms with Crippen LogP contribution in [0.1, 0.15) is 18.4 Å². The molecular weight excluding hydrogens is 234 g/mol. The topological polar surface area (TPSA) is 68.0 Å². The summed E-state index contributed by atoms with van der Waals surface area (Å²) < 4.78 is 0. The third-order valence-corrected chi connectivity index (χ3v) is 3.47. The first-order valence-corrected chi connectivity index (χ1v) is 6.03. The van der Waals surface area contributed by atoms with Crippen LogP contribution in [-0.2, 0) is 11.2 Å². The van der Waals surface area contributed by atoms with Gasteiger partial charge in [0.15, 0.2) is 0 Å². The third kappa shape index (κ3) is 2.61. The van der Waals surface area contributed by atoms with E-state index in [1.54, 1.807) is 12.4 Å². The molecule has 0 aromatic carbocycles. The van der Waals surface area contributed by atoms with Gasteiger partial charge in [0.05, 0.1) is 10.4 Å². The Morgan fingerprint density at radius 1 is 1.59 bits per heavy atom. The predicted molar refractivity (Wildman–Crippen MR) is 69.4 cm³/mol. The van der Waals surface area contributed by atoms with Crippen molar-refractivity contribution < 1.29 is 4.79 Å². The molecule has 1 aromatic rings. The van der Waals surface area contributed by atoms with E-state index in [-0.39, 0.29) is 5.91 Å². The van der Waals surface area contributed by atoms with Crippen LogP contribution in [0.3, 0.4) is 0 Å². The lowest BCUT2D eigenvalue weighted by atomic mass is 10.1. The number of pyridine rings is 1. The van der Waals surface area contributed by atoms with Gasteiger partial charge in [-0.25, -0.2) is 0 Å². The van der Waals surface area contributed by atoms with Crippen molar-refractivity contribution in [3.05, 3.63) is 30.1 Å². The highest BCUT2D eigenvalue weighted by atomic mass is 32.1. The van der Waals surface area contributed by atoms with E-state index in [1.165, 1.54) is 0 Å². The molecule has 1 fully saturated rings. The Kier molecular flexibility index (Phi) is 3.38. The number of aromatic nitrogens is 1. The fourth-order valence-corrected chi connectivity index (χ4v) is 2.04. The van der Waals surface area contributed by atoms with E-state index in [0.717, 1.165) is 24.8 Å². The van der Waals surface area contributed by atoms with Crippen LogP contribution >= 0.6 is 12.2 Å². The molecule has 1 amide bonds. The van der Waals surface area contributed by atoms with Gasteiger partial charge in [0.1, 0.15) is 0 Å². The van der Waals surface area contributed by atoms with Crippen LogP contribution in [0.15, 0.2) is 24.5 Å². The van der Waals surface area contributed by atoms with Crippen LogP contribution < -0.4 is 11.1 Å². The van der Waals surface area contributed by atoms with Gasteiger partial charge < -0.3 is 11.1 Å². The maximum atomic E-state index is 11.9. The van der Waals surface area contributed by atoms with Gasteiger partial charge in [-0.15, -0.1) is 0 Å². The third-order valence-electron chi connectivity index (χ3n) is 3.08. The van der Waals surface area contributed by atoms with Crippen LogP contribution in [-0.4, -0.2) is 22.4 Å². The number of amides is 1. The first-order chi connectivity index (χ1) is 8.15. The van der Waals surface area contributed by atoms with Crippen LogP contribution in [0.25, 0.3) is 0 Å². The van der Waals surface area contributed by atoms with E-state index in [2.05, 4.69) is 10.3 Å². The summed E-state index contributed by atoms with van der Waals surface area (Å²) in [5, 5.41) is 2.88. The lowest BCUT2D eigenvalue weighted by Gasteiger charge is -2.13. The first kappa shape index (κ1) is 12.0. The minimum atomic E-state index is -0.551. The molecule has 3 N–H and O–H groups in total. The SMILES string of the molecule is NC(=S)C1(C(=O)NCCc2cccnc2)CC1. The number of carbonyl (C=O) groups excluding carboxylic acids is 1. The Labute approximate surface area is 106 Å². The number of hydrogen-bond donors (Lipinski definition) is 2. The molecule has 1 saturated carbocycles. The molecule has 0 bridgehead atoms. The zero-order valence-electron chi connectivity index (χ0n) is 9.48. The number of hydrogen-bond acceptors (Lipinski definition) is 3. The molecule has 2 rings (SSSR count). The highest BCUT2D eigenvalue weighted by Gasteiger charge is 2.52. The Morgan fingerprint density at radius 3 is 2.88 bits per heavy atom. The molecule has 0 radical (unpaired) electrons. The zero-order valence-corrected chi connectivity index (χ0v) is 10.3. The van der Waals surface area contributed by atoms with Crippen molar-refractivity contribution in [2.75, 3.05) is 6.54 Å². The van der Waals surface area contributed by atoms with Crippen LogP contribution in [0.4, 0.5) is 0 Å². The summed E-state index contributed by atoms with van der Waals surface area (Å²) >= 11 is 4.92. The summed E-state index contributed by atoms with van der Waals surface area (Å²) in [6, 6.07) is 3.87. The van der Waals surface area contributed by atoms with Gasteiger partial charge in [0.2, 0.25) is 5.91 Å². The minimum absolute atomic E-state index is 0.0334. The number of nitrogens with zero attached hydrogens (tertiary/aromatic N) is 1. The standard InChI is InChI=1S/C12H15N3OS/c13-10(17)12(4-5-12)11(16)15-7-3-9-2-1-6-14-8-9/h1-2,6,8H,3-5,7H2,(H2,13,17)(H,15,16). The minimum Gasteiger partial charge on any atom is -0.392 e. The predicted octanol–water partition coefficient (Wildman–Crippen LogP) is 0.807. The Morgan fingerprint density at radius 2 is 2.35 bits per heavy atom. The zero-order chi connectivity index (χ0) is 12.3. The van der Waals surface area contributed by atoms with Crippen LogP contribution in [0.5, 0.6) is 0 Å². The molecule has 5 heteroatoms. The summed E-state index contributed by atoms with van der Waals surface area (Å²) in [5.74, 6) is -0.0334. The lowest BCUT2D eigenvalue weighted by molar-refractivity contribution is -0.123. The van der Waals surface area contributed by atoms with E-state index in [9.17, 15) is 4.79 Å². The second-order valence-corrected chi connectivity index (χ2v) is 4.75. The Bertz CT molecular complexity index is 429. The molecule has 0 spiro atoms. The molecule has 1 heterocycles. The maximum absolute atomic E-state index is 11.9. The average Bonchev–Trinajstić information content (AvgIpc) is 3.11. The quantitative estimate of drug-likeness (QED) is 0.758. The lowest BCUT2D eigenvalue weighted by Crippen LogP contribution is -2.40. The number of carbonyl (C=O) groups is 1. The van der Waals surface area contributed by atoms with E-state index in [0.29, 0.717) is 11.5 Å². The molecule has 17 heavy (non-hydrogen) atoms. The molecule has 1 aromatic heterocycles. The van der Waals surface area contributed by atoms with Crippen molar-refractivity contribution in [1.29, 1.82) is 0 Å². The molecule has 4 nitrogen and oxygen atoms in total. The van der Waals surface area contributed by atoms with Gasteiger partial charge in [-0.2, -0.15) is 0 Å².